The predicted octanol–water partition coefficient (Wildman–Crippen LogP) is 6.52. The molecule has 2 aliphatic rings. The lowest BCUT2D eigenvalue weighted by Crippen LogP contribution is -2.31. The Kier molecular flexibility index (Phi) is 10.3. The lowest BCUT2D eigenvalue weighted by molar-refractivity contribution is -0.114. The molecule has 45 heavy (non-hydrogen) atoms. The van der Waals surface area contributed by atoms with Gasteiger partial charge >= 0.3 is 5.97 Å². The average Bonchev–Trinajstić information content (AvgIpc) is 3.41. The summed E-state index contributed by atoms with van der Waals surface area (Å²) in [5, 5.41) is 20.5. The van der Waals surface area contributed by atoms with Gasteiger partial charge in [0.1, 0.15) is 10.8 Å². The Morgan fingerprint density at radius 2 is 1.80 bits per heavy atom. The lowest BCUT2D eigenvalue weighted by atomic mass is 9.82. The van der Waals surface area contributed by atoms with Gasteiger partial charge in [0, 0.05) is 16.1 Å². The van der Waals surface area contributed by atoms with Gasteiger partial charge in [-0.15, -0.1) is 11.3 Å². The summed E-state index contributed by atoms with van der Waals surface area (Å²) >= 11 is 2.61. The van der Waals surface area contributed by atoms with Gasteiger partial charge < -0.3 is 25.4 Å². The highest BCUT2D eigenvalue weighted by atomic mass is 32.2. The van der Waals surface area contributed by atoms with Crippen LogP contribution < -0.4 is 20.7 Å². The summed E-state index contributed by atoms with van der Waals surface area (Å²) < 4.78 is 10.7. The van der Waals surface area contributed by atoms with E-state index in [9.17, 15) is 19.6 Å². The summed E-state index contributed by atoms with van der Waals surface area (Å²) in [6.45, 7) is 3.79. The molecule has 1 atom stereocenters. The summed E-state index contributed by atoms with van der Waals surface area (Å²) in [6.07, 6.45) is 3.69. The maximum Gasteiger partial charge on any atom is 0.341 e. The first-order chi connectivity index (χ1) is 21.9. The molecule has 3 N–H and O–H groups in total. The van der Waals surface area contributed by atoms with Crippen molar-refractivity contribution in [1.29, 1.82) is 5.26 Å². The van der Waals surface area contributed by atoms with Gasteiger partial charge in [0.15, 0.2) is 0 Å². The maximum atomic E-state index is 13.8. The molecule has 0 fully saturated rings. The molecule has 3 aromatic rings. The first-order valence-corrected chi connectivity index (χ1v) is 16.5. The second-order valence-electron chi connectivity index (χ2n) is 10.5. The molecule has 0 saturated carbocycles. The Hall–Kier alpha value is -4.53. The van der Waals surface area contributed by atoms with E-state index in [2.05, 4.69) is 22.0 Å². The van der Waals surface area contributed by atoms with Crippen LogP contribution in [0.4, 0.5) is 10.7 Å². The Labute approximate surface area is 270 Å². The zero-order chi connectivity index (χ0) is 31.9. The molecule has 2 heterocycles. The van der Waals surface area contributed by atoms with E-state index in [-0.39, 0.29) is 24.2 Å². The molecule has 1 aromatic heterocycles. The Morgan fingerprint density at radius 1 is 1.07 bits per heavy atom. The number of anilines is 2. The van der Waals surface area contributed by atoms with Crippen molar-refractivity contribution in [3.05, 3.63) is 98.0 Å². The number of thioether (sulfide) groups is 1. The number of nitrogens with zero attached hydrogens (tertiary/aromatic N) is 1. The van der Waals surface area contributed by atoms with Crippen molar-refractivity contribution in [2.24, 2.45) is 0 Å². The average molecular weight is 643 g/mol. The number of carbonyl (C=O) groups excluding carboxylic acids is 3. The molecule has 0 bridgehead atoms. The molecule has 9 nitrogen and oxygen atoms in total. The number of fused-ring (bicyclic) bond motifs is 1. The Balaban J connectivity index is 1.40. The Morgan fingerprint density at radius 3 is 2.53 bits per heavy atom. The molecule has 2 amide bonds. The van der Waals surface area contributed by atoms with E-state index < -0.39 is 11.9 Å². The van der Waals surface area contributed by atoms with Crippen LogP contribution in [-0.4, -0.2) is 37.3 Å². The normalized spacial score (nSPS) is 15.8. The number of allylic oxidation sites excluding steroid dienone is 2. The molecule has 2 aromatic carbocycles. The van der Waals surface area contributed by atoms with E-state index in [4.69, 9.17) is 9.47 Å². The number of benzene rings is 2. The summed E-state index contributed by atoms with van der Waals surface area (Å²) in [4.78, 5) is 41.0. The maximum absolute atomic E-state index is 13.8. The number of para-hydroxylation sites is 2. The number of dihydropyridines is 1. The molecular weight excluding hydrogens is 609 g/mol. The number of hydrogen-bond acceptors (Lipinski definition) is 9. The minimum Gasteiger partial charge on any atom is -0.495 e. The standard InChI is InChI=1S/C34H34N4O5S2/c1-4-43-34(41)30-22-14-8-11-17-26(22)45-33(30)38-27(39)19-44-32-23(18-35)29(21-12-6-5-7-13-21)28(20(2)36-32)31(40)37-24-15-9-10-16-25(24)42-3/h5-7,9-10,12-13,15-16,29,36H,4,8,11,14,17,19H2,1-3H3,(H,37,40)(H,38,39). The van der Waals surface area contributed by atoms with E-state index in [0.29, 0.717) is 43.9 Å². The van der Waals surface area contributed by atoms with Gasteiger partial charge in [0.2, 0.25) is 5.91 Å². The number of methoxy groups -OCH3 is 1. The number of nitriles is 1. The van der Waals surface area contributed by atoms with Crippen LogP contribution in [0.15, 0.2) is 76.5 Å². The van der Waals surface area contributed by atoms with Crippen LogP contribution in [0.25, 0.3) is 0 Å². The predicted molar refractivity (Wildman–Crippen MR) is 177 cm³/mol. The van der Waals surface area contributed by atoms with Gasteiger partial charge in [-0.2, -0.15) is 5.26 Å². The van der Waals surface area contributed by atoms with Crippen LogP contribution in [0.5, 0.6) is 5.75 Å². The van der Waals surface area contributed by atoms with Gasteiger partial charge in [-0.05, 0) is 62.8 Å². The van der Waals surface area contributed by atoms with Crippen LogP contribution in [0.2, 0.25) is 0 Å². The van der Waals surface area contributed by atoms with E-state index in [1.54, 1.807) is 32.0 Å². The minimum atomic E-state index is -0.669. The third-order valence-corrected chi connectivity index (χ3v) is 9.86. The summed E-state index contributed by atoms with van der Waals surface area (Å²) in [5.41, 5.74) is 3.99. The minimum absolute atomic E-state index is 0.0180. The number of hydrogen-bond donors (Lipinski definition) is 3. The lowest BCUT2D eigenvalue weighted by Gasteiger charge is -2.30. The molecule has 1 aliphatic heterocycles. The van der Waals surface area contributed by atoms with Crippen LogP contribution in [0.3, 0.4) is 0 Å². The number of ether oxygens (including phenoxy) is 2. The van der Waals surface area contributed by atoms with Gasteiger partial charge in [-0.3, -0.25) is 9.59 Å². The zero-order valence-electron chi connectivity index (χ0n) is 25.3. The number of nitrogens with one attached hydrogen (secondary N) is 3. The van der Waals surface area contributed by atoms with Crippen LogP contribution in [0.1, 0.15) is 59.0 Å². The Bertz CT molecular complexity index is 1720. The number of aryl methyl sites for hydroxylation is 1. The fraction of sp³-hybridized carbons (Fsp3) is 0.294. The number of rotatable bonds is 10. The number of esters is 1. The van der Waals surface area contributed by atoms with Gasteiger partial charge in [0.05, 0.1) is 53.3 Å². The largest absolute Gasteiger partial charge is 0.495 e. The van der Waals surface area contributed by atoms with Gasteiger partial charge in [-0.25, -0.2) is 4.79 Å². The third kappa shape index (κ3) is 6.92. The topological polar surface area (TPSA) is 130 Å². The van der Waals surface area contributed by atoms with Crippen molar-refractivity contribution in [3.63, 3.8) is 0 Å². The van der Waals surface area contributed by atoms with E-state index in [0.717, 1.165) is 41.7 Å². The number of amides is 2. The van der Waals surface area contributed by atoms with Crippen molar-refractivity contribution in [3.8, 4) is 11.8 Å². The van der Waals surface area contributed by atoms with Crippen molar-refractivity contribution in [1.82, 2.24) is 5.32 Å². The van der Waals surface area contributed by atoms with Gasteiger partial charge in [0.25, 0.3) is 5.91 Å². The molecule has 5 rings (SSSR count). The molecule has 0 spiro atoms. The van der Waals surface area contributed by atoms with E-state index in [1.807, 2.05) is 36.4 Å². The molecule has 1 aliphatic carbocycles. The molecule has 1 unspecified atom stereocenters. The molecule has 11 heteroatoms. The summed E-state index contributed by atoms with van der Waals surface area (Å²) in [7, 11) is 1.53. The fourth-order valence-corrected chi connectivity index (χ4v) is 7.80. The van der Waals surface area contributed by atoms with Crippen molar-refractivity contribution >= 4 is 51.6 Å². The number of carbonyl (C=O) groups is 3. The second-order valence-corrected chi connectivity index (χ2v) is 12.6. The first-order valence-electron chi connectivity index (χ1n) is 14.7. The smallest absolute Gasteiger partial charge is 0.341 e. The monoisotopic (exact) mass is 642 g/mol. The van der Waals surface area contributed by atoms with Crippen molar-refractivity contribution in [2.75, 3.05) is 30.1 Å². The highest BCUT2D eigenvalue weighted by Gasteiger charge is 2.35. The molecule has 0 radical (unpaired) electrons. The van der Waals surface area contributed by atoms with E-state index >= 15 is 0 Å². The van der Waals surface area contributed by atoms with Crippen LogP contribution in [0, 0.1) is 11.3 Å². The third-order valence-electron chi connectivity index (χ3n) is 7.63. The highest BCUT2D eigenvalue weighted by Crippen LogP contribution is 2.42. The zero-order valence-corrected chi connectivity index (χ0v) is 27.0. The SMILES string of the molecule is CCOC(=O)c1c(NC(=O)CSC2=C(C#N)C(c3ccccc3)C(C(=O)Nc3ccccc3OC)=C(C)N2)sc2c1CCCC2. The van der Waals surface area contributed by atoms with Crippen LogP contribution in [-0.2, 0) is 27.2 Å². The second kappa shape index (κ2) is 14.5. The number of thiophene rings is 1. The molecular formula is C34H34N4O5S2. The van der Waals surface area contributed by atoms with Crippen molar-refractivity contribution < 1.29 is 23.9 Å². The van der Waals surface area contributed by atoms with Crippen molar-refractivity contribution in [2.45, 2.75) is 45.4 Å². The first kappa shape index (κ1) is 31.9. The fourth-order valence-electron chi connectivity index (χ4n) is 5.62. The van der Waals surface area contributed by atoms with E-state index in [1.165, 1.54) is 30.2 Å². The highest BCUT2D eigenvalue weighted by molar-refractivity contribution is 8.03. The summed E-state index contributed by atoms with van der Waals surface area (Å²) in [5.74, 6) is -1.28. The molecule has 0 saturated heterocycles. The van der Waals surface area contributed by atoms with Crippen LogP contribution >= 0.6 is 23.1 Å². The van der Waals surface area contributed by atoms with Gasteiger partial charge in [-0.1, -0.05) is 54.2 Å². The quantitative estimate of drug-likeness (QED) is 0.213. The molecule has 232 valence electrons. The summed E-state index contributed by atoms with van der Waals surface area (Å²) in [6, 6.07) is 18.8.